The number of pyridine rings is 1. The molecule has 2 heterocycles. The summed E-state index contributed by atoms with van der Waals surface area (Å²) in [5, 5.41) is 3.38. The van der Waals surface area contributed by atoms with E-state index >= 15 is 0 Å². The lowest BCUT2D eigenvalue weighted by Crippen LogP contribution is -2.18. The Hall–Kier alpha value is -1.81. The predicted molar refractivity (Wildman–Crippen MR) is 61.5 cm³/mol. The van der Waals surface area contributed by atoms with E-state index in [1.807, 2.05) is 18.3 Å². The normalized spacial score (nSPS) is 12.3. The third kappa shape index (κ3) is 2.84. The molecule has 0 fully saturated rings. The van der Waals surface area contributed by atoms with E-state index in [2.05, 4.69) is 33.3 Å². The van der Waals surface area contributed by atoms with Crippen LogP contribution in [0.15, 0.2) is 43.1 Å². The first-order chi connectivity index (χ1) is 7.86. The minimum atomic E-state index is 0.267. The smallest absolute Gasteiger partial charge is 0.115 e. The van der Waals surface area contributed by atoms with E-state index in [0.29, 0.717) is 0 Å². The van der Waals surface area contributed by atoms with Gasteiger partial charge in [-0.1, -0.05) is 6.07 Å². The second kappa shape index (κ2) is 5.32. The van der Waals surface area contributed by atoms with E-state index in [4.69, 9.17) is 0 Å². The molecule has 0 saturated carbocycles. The van der Waals surface area contributed by atoms with E-state index in [1.165, 1.54) is 5.56 Å². The van der Waals surface area contributed by atoms with Gasteiger partial charge < -0.3 is 5.32 Å². The Morgan fingerprint density at radius 1 is 1.25 bits per heavy atom. The first kappa shape index (κ1) is 10.7. The molecule has 0 saturated heterocycles. The zero-order chi connectivity index (χ0) is 11.2. The fourth-order valence-electron chi connectivity index (χ4n) is 1.43. The van der Waals surface area contributed by atoms with Gasteiger partial charge in [-0.05, 0) is 24.6 Å². The van der Waals surface area contributed by atoms with Gasteiger partial charge in [0.05, 0.1) is 5.69 Å². The van der Waals surface area contributed by atoms with Crippen molar-refractivity contribution in [2.45, 2.75) is 19.5 Å². The summed E-state index contributed by atoms with van der Waals surface area (Å²) in [4.78, 5) is 12.1. The highest BCUT2D eigenvalue weighted by atomic mass is 14.9. The van der Waals surface area contributed by atoms with Crippen LogP contribution in [0.3, 0.4) is 0 Å². The zero-order valence-electron chi connectivity index (χ0n) is 9.17. The highest BCUT2D eigenvalue weighted by molar-refractivity contribution is 5.13. The molecule has 2 aromatic heterocycles. The molecule has 0 aliphatic rings. The highest BCUT2D eigenvalue weighted by Crippen LogP contribution is 2.10. The number of rotatable bonds is 4. The topological polar surface area (TPSA) is 50.7 Å². The first-order valence-corrected chi connectivity index (χ1v) is 5.24. The Morgan fingerprint density at radius 2 is 2.19 bits per heavy atom. The Kier molecular flexibility index (Phi) is 3.56. The van der Waals surface area contributed by atoms with Crippen molar-refractivity contribution in [3.8, 4) is 0 Å². The van der Waals surface area contributed by atoms with E-state index in [0.717, 1.165) is 12.2 Å². The molecular weight excluding hydrogens is 200 g/mol. The molecule has 2 rings (SSSR count). The maximum absolute atomic E-state index is 4.16. The molecule has 2 aromatic rings. The van der Waals surface area contributed by atoms with Gasteiger partial charge in [0.2, 0.25) is 0 Å². The fraction of sp³-hybridized carbons (Fsp3) is 0.250. The average Bonchev–Trinajstić information content (AvgIpc) is 2.38. The van der Waals surface area contributed by atoms with Crippen LogP contribution < -0.4 is 5.32 Å². The SMILES string of the molecule is CC(NCc1ccncn1)c1cccnc1. The summed E-state index contributed by atoms with van der Waals surface area (Å²) in [6, 6.07) is 6.18. The molecule has 0 aliphatic heterocycles. The van der Waals surface area contributed by atoms with Crippen LogP contribution in [0.25, 0.3) is 0 Å². The maximum atomic E-state index is 4.16. The van der Waals surface area contributed by atoms with Gasteiger partial charge >= 0.3 is 0 Å². The second-order valence-electron chi connectivity index (χ2n) is 3.59. The monoisotopic (exact) mass is 214 g/mol. The molecule has 82 valence electrons. The van der Waals surface area contributed by atoms with E-state index in [-0.39, 0.29) is 6.04 Å². The van der Waals surface area contributed by atoms with Crippen molar-refractivity contribution in [3.63, 3.8) is 0 Å². The number of aromatic nitrogens is 3. The van der Waals surface area contributed by atoms with Gasteiger partial charge in [-0.25, -0.2) is 9.97 Å². The quantitative estimate of drug-likeness (QED) is 0.842. The third-order valence-electron chi connectivity index (χ3n) is 2.42. The van der Waals surface area contributed by atoms with Crippen LogP contribution in [-0.2, 0) is 6.54 Å². The Bertz CT molecular complexity index is 416. The zero-order valence-corrected chi connectivity index (χ0v) is 9.17. The van der Waals surface area contributed by atoms with Crippen LogP contribution in [-0.4, -0.2) is 15.0 Å². The summed E-state index contributed by atoms with van der Waals surface area (Å²) in [7, 11) is 0. The highest BCUT2D eigenvalue weighted by Gasteiger charge is 2.04. The summed E-state index contributed by atoms with van der Waals surface area (Å²) >= 11 is 0. The number of nitrogens with zero attached hydrogens (tertiary/aromatic N) is 3. The average molecular weight is 214 g/mol. The second-order valence-corrected chi connectivity index (χ2v) is 3.59. The van der Waals surface area contributed by atoms with Crippen molar-refractivity contribution in [2.24, 2.45) is 0 Å². The van der Waals surface area contributed by atoms with Crippen molar-refractivity contribution in [3.05, 3.63) is 54.4 Å². The van der Waals surface area contributed by atoms with Crippen LogP contribution in [0.4, 0.5) is 0 Å². The fourth-order valence-corrected chi connectivity index (χ4v) is 1.43. The molecule has 16 heavy (non-hydrogen) atoms. The van der Waals surface area contributed by atoms with Crippen LogP contribution in [0.5, 0.6) is 0 Å². The predicted octanol–water partition coefficient (Wildman–Crippen LogP) is 1.72. The Labute approximate surface area is 94.8 Å². The van der Waals surface area contributed by atoms with Crippen molar-refractivity contribution in [1.82, 2.24) is 20.3 Å². The molecular formula is C12H14N4. The van der Waals surface area contributed by atoms with Crippen LogP contribution in [0.1, 0.15) is 24.2 Å². The standard InChI is InChI=1S/C12H14N4/c1-10(11-3-2-5-13-7-11)15-8-12-4-6-14-9-16-12/h2-7,9-10,15H,8H2,1H3. The third-order valence-corrected chi connectivity index (χ3v) is 2.42. The summed E-state index contributed by atoms with van der Waals surface area (Å²) in [6.45, 7) is 2.84. The molecule has 0 spiro atoms. The van der Waals surface area contributed by atoms with Gasteiger partial charge in [0.1, 0.15) is 6.33 Å². The summed E-state index contributed by atoms with van der Waals surface area (Å²) in [5.74, 6) is 0. The van der Waals surface area contributed by atoms with Gasteiger partial charge in [0.25, 0.3) is 0 Å². The van der Waals surface area contributed by atoms with Crippen molar-refractivity contribution < 1.29 is 0 Å². The minimum Gasteiger partial charge on any atom is -0.305 e. The molecule has 1 unspecified atom stereocenters. The van der Waals surface area contributed by atoms with Crippen molar-refractivity contribution in [2.75, 3.05) is 0 Å². The Balaban J connectivity index is 1.92. The first-order valence-electron chi connectivity index (χ1n) is 5.24. The lowest BCUT2D eigenvalue weighted by molar-refractivity contribution is 0.565. The molecule has 0 radical (unpaired) electrons. The molecule has 0 amide bonds. The van der Waals surface area contributed by atoms with Crippen LogP contribution >= 0.6 is 0 Å². The number of hydrogen-bond acceptors (Lipinski definition) is 4. The number of hydrogen-bond donors (Lipinski definition) is 1. The van der Waals surface area contributed by atoms with Crippen molar-refractivity contribution in [1.29, 1.82) is 0 Å². The maximum Gasteiger partial charge on any atom is 0.115 e. The summed E-state index contributed by atoms with van der Waals surface area (Å²) in [5.41, 5.74) is 2.17. The molecule has 4 nitrogen and oxygen atoms in total. The van der Waals surface area contributed by atoms with Crippen LogP contribution in [0, 0.1) is 0 Å². The van der Waals surface area contributed by atoms with E-state index in [9.17, 15) is 0 Å². The Morgan fingerprint density at radius 3 is 2.88 bits per heavy atom. The lowest BCUT2D eigenvalue weighted by atomic mass is 10.1. The van der Waals surface area contributed by atoms with E-state index in [1.54, 1.807) is 18.7 Å². The number of nitrogens with one attached hydrogen (secondary N) is 1. The minimum absolute atomic E-state index is 0.267. The largest absolute Gasteiger partial charge is 0.305 e. The molecule has 1 N–H and O–H groups in total. The van der Waals surface area contributed by atoms with Crippen molar-refractivity contribution >= 4 is 0 Å². The molecule has 1 atom stereocenters. The molecule has 4 heteroatoms. The van der Waals surface area contributed by atoms with Gasteiger partial charge in [0.15, 0.2) is 0 Å². The van der Waals surface area contributed by atoms with E-state index < -0.39 is 0 Å². The van der Waals surface area contributed by atoms with Gasteiger partial charge in [0, 0.05) is 31.2 Å². The molecule has 0 bridgehead atoms. The summed E-state index contributed by atoms with van der Waals surface area (Å²) < 4.78 is 0. The van der Waals surface area contributed by atoms with Crippen LogP contribution in [0.2, 0.25) is 0 Å². The lowest BCUT2D eigenvalue weighted by Gasteiger charge is -2.12. The van der Waals surface area contributed by atoms with Gasteiger partial charge in [-0.2, -0.15) is 0 Å². The van der Waals surface area contributed by atoms with Gasteiger partial charge in [-0.15, -0.1) is 0 Å². The molecule has 0 aliphatic carbocycles. The van der Waals surface area contributed by atoms with Gasteiger partial charge in [-0.3, -0.25) is 4.98 Å². The molecule has 0 aromatic carbocycles. The summed E-state index contributed by atoms with van der Waals surface area (Å²) in [6.07, 6.45) is 6.96.